The zero-order valence-electron chi connectivity index (χ0n) is 20.6. The lowest BCUT2D eigenvalue weighted by atomic mass is 10.0. The average molecular weight is 483 g/mol. The number of carbonyl (C=O) groups excluding carboxylic acids is 1. The third kappa shape index (κ3) is 5.34. The van der Waals surface area contributed by atoms with E-state index in [0.29, 0.717) is 12.5 Å². The Labute approximate surface area is 211 Å². The Morgan fingerprint density at radius 1 is 0.972 bits per heavy atom. The highest BCUT2D eigenvalue weighted by Crippen LogP contribution is 2.27. The van der Waals surface area contributed by atoms with Crippen LogP contribution < -0.4 is 4.74 Å². The molecule has 0 saturated carbocycles. The van der Waals surface area contributed by atoms with Crippen LogP contribution in [0, 0.1) is 6.92 Å². The summed E-state index contributed by atoms with van der Waals surface area (Å²) in [7, 11) is 1.45. The Morgan fingerprint density at radius 3 is 2.39 bits per heavy atom. The van der Waals surface area contributed by atoms with E-state index in [-0.39, 0.29) is 12.0 Å². The minimum Gasteiger partial charge on any atom is -0.487 e. The Bertz CT molecular complexity index is 1300. The molecule has 2 heterocycles. The van der Waals surface area contributed by atoms with E-state index in [1.165, 1.54) is 12.7 Å². The van der Waals surface area contributed by atoms with Crippen LogP contribution in [0.3, 0.4) is 0 Å². The van der Waals surface area contributed by atoms with Crippen LogP contribution in [0.25, 0.3) is 22.6 Å². The summed E-state index contributed by atoms with van der Waals surface area (Å²) in [5.41, 5.74) is 5.17. The molecule has 5 rings (SSSR count). The normalized spacial score (nSPS) is 15.7. The Kier molecular flexibility index (Phi) is 7.14. The quantitative estimate of drug-likeness (QED) is 0.286. The van der Waals surface area contributed by atoms with Gasteiger partial charge in [-0.15, -0.1) is 0 Å². The van der Waals surface area contributed by atoms with Crippen LogP contribution >= 0.6 is 0 Å². The van der Waals surface area contributed by atoms with E-state index in [1.54, 1.807) is 0 Å². The van der Waals surface area contributed by atoms with Crippen molar-refractivity contribution in [1.82, 2.24) is 9.88 Å². The molecule has 0 unspecified atom stereocenters. The van der Waals surface area contributed by atoms with E-state index >= 15 is 0 Å². The van der Waals surface area contributed by atoms with E-state index in [4.69, 9.17) is 13.9 Å². The number of methoxy groups -OCH3 is 1. The fourth-order valence-electron chi connectivity index (χ4n) is 4.62. The van der Waals surface area contributed by atoms with Crippen molar-refractivity contribution in [1.29, 1.82) is 0 Å². The molecule has 0 radical (unpaired) electrons. The highest BCUT2D eigenvalue weighted by atomic mass is 16.5. The maximum Gasteiger partial charge on any atom is 0.323 e. The number of nitrogens with zero attached hydrogens (tertiary/aromatic N) is 2. The van der Waals surface area contributed by atoms with Crippen LogP contribution in [-0.4, -0.2) is 35.5 Å². The van der Waals surface area contributed by atoms with E-state index in [9.17, 15) is 4.79 Å². The summed E-state index contributed by atoms with van der Waals surface area (Å²) in [5.74, 6) is 1.95. The van der Waals surface area contributed by atoms with Crippen molar-refractivity contribution in [3.8, 4) is 28.3 Å². The summed E-state index contributed by atoms with van der Waals surface area (Å²) >= 11 is 0. The van der Waals surface area contributed by atoms with Crippen LogP contribution in [0.5, 0.6) is 5.75 Å². The van der Waals surface area contributed by atoms with E-state index in [0.717, 1.165) is 59.8 Å². The van der Waals surface area contributed by atoms with Gasteiger partial charge in [0.1, 0.15) is 29.9 Å². The smallest absolute Gasteiger partial charge is 0.323 e. The van der Waals surface area contributed by atoms with Gasteiger partial charge in [0.05, 0.1) is 7.11 Å². The van der Waals surface area contributed by atoms with Gasteiger partial charge in [0, 0.05) is 12.1 Å². The molecular formula is C30H30N2O4. The molecule has 0 N–H and O–H groups in total. The summed E-state index contributed by atoms with van der Waals surface area (Å²) in [6.07, 6.45) is 1.86. The monoisotopic (exact) mass is 482 g/mol. The number of rotatable bonds is 8. The number of carbonyl (C=O) groups is 1. The maximum atomic E-state index is 12.0. The maximum absolute atomic E-state index is 12.0. The molecule has 0 aliphatic carbocycles. The molecule has 1 aromatic heterocycles. The number of esters is 1. The van der Waals surface area contributed by atoms with Gasteiger partial charge >= 0.3 is 5.97 Å². The van der Waals surface area contributed by atoms with Gasteiger partial charge in [0.15, 0.2) is 0 Å². The van der Waals surface area contributed by atoms with Crippen LogP contribution in [0.4, 0.5) is 0 Å². The zero-order valence-corrected chi connectivity index (χ0v) is 20.6. The Hall–Kier alpha value is -3.90. The minimum atomic E-state index is -0.151. The number of aryl methyl sites for hydroxylation is 1. The molecule has 3 aromatic carbocycles. The summed E-state index contributed by atoms with van der Waals surface area (Å²) < 4.78 is 16.9. The largest absolute Gasteiger partial charge is 0.487 e. The van der Waals surface area contributed by atoms with Crippen LogP contribution in [0.15, 0.2) is 83.3 Å². The first-order chi connectivity index (χ1) is 17.6. The van der Waals surface area contributed by atoms with Crippen molar-refractivity contribution < 1.29 is 18.7 Å². The lowest BCUT2D eigenvalue weighted by molar-refractivity contribution is -0.146. The van der Waals surface area contributed by atoms with Crippen molar-refractivity contribution in [3.05, 3.63) is 95.9 Å². The molecular weight excluding hydrogens is 452 g/mol. The minimum absolute atomic E-state index is 0.148. The highest BCUT2D eigenvalue weighted by molar-refractivity contribution is 5.76. The number of ether oxygens (including phenoxy) is 2. The molecule has 1 fully saturated rings. The zero-order chi connectivity index (χ0) is 24.9. The topological polar surface area (TPSA) is 64.8 Å². The van der Waals surface area contributed by atoms with Gasteiger partial charge in [0.2, 0.25) is 5.89 Å². The fraction of sp³-hybridized carbons (Fsp3) is 0.267. The van der Waals surface area contributed by atoms with Crippen LogP contribution in [0.2, 0.25) is 0 Å². The van der Waals surface area contributed by atoms with Gasteiger partial charge in [-0.3, -0.25) is 9.69 Å². The number of aromatic nitrogens is 1. The molecule has 1 atom stereocenters. The lowest BCUT2D eigenvalue weighted by Gasteiger charge is -2.22. The molecule has 0 bridgehead atoms. The molecule has 6 nitrogen and oxygen atoms in total. The number of hydrogen-bond acceptors (Lipinski definition) is 6. The number of benzene rings is 3. The van der Waals surface area contributed by atoms with Crippen molar-refractivity contribution in [2.45, 2.75) is 39.0 Å². The summed E-state index contributed by atoms with van der Waals surface area (Å²) in [5, 5.41) is 0. The Morgan fingerprint density at radius 2 is 1.67 bits per heavy atom. The Balaban J connectivity index is 1.19. The fourth-order valence-corrected chi connectivity index (χ4v) is 4.62. The summed E-state index contributed by atoms with van der Waals surface area (Å²) in [6, 6.07) is 26.3. The van der Waals surface area contributed by atoms with E-state index < -0.39 is 0 Å². The molecule has 36 heavy (non-hydrogen) atoms. The average Bonchev–Trinajstić information content (AvgIpc) is 3.54. The molecule has 0 amide bonds. The number of oxazole rings is 1. The molecule has 1 aliphatic heterocycles. The third-order valence-electron chi connectivity index (χ3n) is 6.65. The van der Waals surface area contributed by atoms with Crippen molar-refractivity contribution in [2.75, 3.05) is 13.7 Å². The first-order valence-electron chi connectivity index (χ1n) is 12.3. The second-order valence-electron chi connectivity index (χ2n) is 9.05. The lowest BCUT2D eigenvalue weighted by Crippen LogP contribution is -2.36. The van der Waals surface area contributed by atoms with E-state index in [1.807, 2.05) is 61.5 Å². The standard InChI is InChI=1S/C30H30N2O4/c1-21-27(31-29(36-21)25-14-12-24(13-15-25)23-7-4-3-5-8-23)20-35-26-16-10-22(11-17-26)19-32-18-6-9-28(32)30(33)34-2/h3-5,7-8,10-17,28H,6,9,18-20H2,1-2H3/t28-/m0/s1. The third-order valence-corrected chi connectivity index (χ3v) is 6.65. The van der Waals surface area contributed by atoms with Gasteiger partial charge < -0.3 is 13.9 Å². The van der Waals surface area contributed by atoms with Gasteiger partial charge in [-0.2, -0.15) is 0 Å². The predicted octanol–water partition coefficient (Wildman–Crippen LogP) is 6.03. The molecule has 1 aliphatic rings. The van der Waals surface area contributed by atoms with Gasteiger partial charge in [0.25, 0.3) is 0 Å². The first kappa shape index (κ1) is 23.8. The van der Waals surface area contributed by atoms with Crippen molar-refractivity contribution in [2.24, 2.45) is 0 Å². The second kappa shape index (κ2) is 10.8. The summed E-state index contributed by atoms with van der Waals surface area (Å²) in [6.45, 7) is 3.85. The van der Waals surface area contributed by atoms with Crippen LogP contribution in [0.1, 0.15) is 29.9 Å². The van der Waals surface area contributed by atoms with Crippen molar-refractivity contribution >= 4 is 5.97 Å². The predicted molar refractivity (Wildman–Crippen MR) is 138 cm³/mol. The van der Waals surface area contributed by atoms with Crippen LogP contribution in [-0.2, 0) is 22.7 Å². The molecule has 1 saturated heterocycles. The highest BCUT2D eigenvalue weighted by Gasteiger charge is 2.31. The van der Waals surface area contributed by atoms with Gasteiger partial charge in [-0.05, 0) is 67.3 Å². The molecule has 6 heteroatoms. The second-order valence-corrected chi connectivity index (χ2v) is 9.05. The molecule has 4 aromatic rings. The van der Waals surface area contributed by atoms with Gasteiger partial charge in [-0.25, -0.2) is 4.98 Å². The van der Waals surface area contributed by atoms with E-state index in [2.05, 4.69) is 34.1 Å². The first-order valence-corrected chi connectivity index (χ1v) is 12.3. The molecule has 184 valence electrons. The van der Waals surface area contributed by atoms with Gasteiger partial charge in [-0.1, -0.05) is 54.6 Å². The number of hydrogen-bond donors (Lipinski definition) is 0. The summed E-state index contributed by atoms with van der Waals surface area (Å²) in [4.78, 5) is 18.8. The van der Waals surface area contributed by atoms with Crippen molar-refractivity contribution in [3.63, 3.8) is 0 Å². The molecule has 0 spiro atoms. The SMILES string of the molecule is COC(=O)[C@@H]1CCCN1Cc1ccc(OCc2nc(-c3ccc(-c4ccccc4)cc3)oc2C)cc1. The number of likely N-dealkylation sites (tertiary alicyclic amines) is 1.